The fraction of sp³-hybridized carbons (Fsp3) is 0.250. The van der Waals surface area contributed by atoms with Gasteiger partial charge < -0.3 is 9.32 Å². The molecule has 0 unspecified atom stereocenters. The van der Waals surface area contributed by atoms with E-state index in [0.29, 0.717) is 6.41 Å². The van der Waals surface area contributed by atoms with Crippen molar-refractivity contribution >= 4 is 52.4 Å². The van der Waals surface area contributed by atoms with Gasteiger partial charge in [0.05, 0.1) is 6.26 Å². The van der Waals surface area contributed by atoms with Crippen molar-refractivity contribution in [1.29, 1.82) is 0 Å². The first-order chi connectivity index (χ1) is 13.2. The number of hydrogen-bond donors (Lipinski definition) is 1. The summed E-state index contributed by atoms with van der Waals surface area (Å²) in [4.78, 5) is 35.6. The molecular weight excluding hydrogens is 364 g/mol. The van der Waals surface area contributed by atoms with Gasteiger partial charge in [0, 0.05) is 30.1 Å². The lowest BCUT2D eigenvalue weighted by Crippen LogP contribution is -2.34. The summed E-state index contributed by atoms with van der Waals surface area (Å²) in [5.41, 5.74) is 2.44. The Labute approximate surface area is 161 Å². The lowest BCUT2D eigenvalue weighted by Gasteiger charge is -2.25. The molecule has 7 heteroatoms. The molecule has 0 radical (unpaired) electrons. The Morgan fingerprint density at radius 1 is 1.15 bits per heavy atom. The highest BCUT2D eigenvalue weighted by atomic mass is 32.2. The van der Waals surface area contributed by atoms with Crippen LogP contribution in [0.25, 0.3) is 23.1 Å². The van der Waals surface area contributed by atoms with Crippen molar-refractivity contribution in [2.45, 2.75) is 19.3 Å². The fourth-order valence-electron chi connectivity index (χ4n) is 2.94. The first-order valence-electron chi connectivity index (χ1n) is 8.73. The molecule has 3 amide bonds. The maximum absolute atomic E-state index is 12.3. The Morgan fingerprint density at radius 3 is 2.74 bits per heavy atom. The third-order valence-electron chi connectivity index (χ3n) is 4.31. The number of benzene rings is 1. The predicted molar refractivity (Wildman–Crippen MR) is 107 cm³/mol. The molecule has 6 nitrogen and oxygen atoms in total. The minimum Gasteiger partial charge on any atom is -0.464 e. The highest BCUT2D eigenvalue weighted by Crippen LogP contribution is 2.25. The standard InChI is InChI=1S/C20H20N2O4S/c23-14-21-20(25)27-11-8-15-4-6-18-17(12-15)16(13-26-18)5-7-19(24)22-9-2-1-3-10-22/h4-8,11-14H,1-3,9-10H2,(H,21,23,25)/b7-5+,11-8-. The number of hydrogen-bond acceptors (Lipinski definition) is 5. The molecule has 3 rings (SSSR count). The molecule has 1 aliphatic heterocycles. The number of amides is 3. The zero-order chi connectivity index (χ0) is 19.1. The fourth-order valence-corrected chi connectivity index (χ4v) is 3.40. The van der Waals surface area contributed by atoms with E-state index in [4.69, 9.17) is 4.42 Å². The summed E-state index contributed by atoms with van der Waals surface area (Å²) >= 11 is 0.888. The van der Waals surface area contributed by atoms with E-state index < -0.39 is 5.24 Å². The number of imide groups is 1. The van der Waals surface area contributed by atoms with E-state index in [9.17, 15) is 14.4 Å². The first-order valence-corrected chi connectivity index (χ1v) is 9.61. The van der Waals surface area contributed by atoms with E-state index >= 15 is 0 Å². The van der Waals surface area contributed by atoms with Crippen LogP contribution in [0, 0.1) is 0 Å². The Bertz CT molecular complexity index is 895. The molecular formula is C20H20N2O4S. The Kier molecular flexibility index (Phi) is 6.49. The summed E-state index contributed by atoms with van der Waals surface area (Å²) in [5.74, 6) is 0.0256. The number of likely N-dealkylation sites (tertiary alicyclic amines) is 1. The Morgan fingerprint density at radius 2 is 1.96 bits per heavy atom. The number of furan rings is 1. The number of nitrogens with one attached hydrogen (secondary N) is 1. The second kappa shape index (κ2) is 9.23. The molecule has 0 atom stereocenters. The highest BCUT2D eigenvalue weighted by molar-refractivity contribution is 8.16. The molecule has 1 saturated heterocycles. The molecule has 0 saturated carbocycles. The molecule has 1 aromatic heterocycles. The van der Waals surface area contributed by atoms with Crippen LogP contribution in [0.4, 0.5) is 4.79 Å². The van der Waals surface area contributed by atoms with Gasteiger partial charge in [-0.2, -0.15) is 0 Å². The highest BCUT2D eigenvalue weighted by Gasteiger charge is 2.14. The quantitative estimate of drug-likeness (QED) is 0.622. The van der Waals surface area contributed by atoms with Crippen molar-refractivity contribution in [3.05, 3.63) is 47.1 Å². The topological polar surface area (TPSA) is 79.6 Å². The van der Waals surface area contributed by atoms with Crippen LogP contribution in [0.2, 0.25) is 0 Å². The lowest BCUT2D eigenvalue weighted by atomic mass is 10.1. The molecule has 1 aromatic carbocycles. The predicted octanol–water partition coefficient (Wildman–Crippen LogP) is 4.03. The van der Waals surface area contributed by atoms with Crippen LogP contribution < -0.4 is 5.32 Å². The molecule has 0 aliphatic carbocycles. The van der Waals surface area contributed by atoms with Crippen molar-refractivity contribution in [3.8, 4) is 0 Å². The number of rotatable bonds is 5. The SMILES string of the molecule is O=CNC(=O)S/C=C\c1ccc2occ(/C=C/C(=O)N3CCCCC3)c2c1. The second-order valence-corrected chi connectivity index (χ2v) is 7.01. The van der Waals surface area contributed by atoms with Crippen LogP contribution in [-0.2, 0) is 9.59 Å². The van der Waals surface area contributed by atoms with Crippen LogP contribution in [0.3, 0.4) is 0 Å². The van der Waals surface area contributed by atoms with E-state index in [0.717, 1.165) is 59.8 Å². The van der Waals surface area contributed by atoms with Crippen LogP contribution >= 0.6 is 11.8 Å². The Hall–Kier alpha value is -2.80. The summed E-state index contributed by atoms with van der Waals surface area (Å²) in [5, 5.41) is 4.11. The minimum absolute atomic E-state index is 0.0256. The van der Waals surface area contributed by atoms with E-state index in [-0.39, 0.29) is 5.91 Å². The van der Waals surface area contributed by atoms with Gasteiger partial charge in [-0.05, 0) is 66.3 Å². The van der Waals surface area contributed by atoms with Crippen LogP contribution in [0.15, 0.2) is 40.4 Å². The molecule has 140 valence electrons. The summed E-state index contributed by atoms with van der Waals surface area (Å²) in [6.07, 6.45) is 10.4. The lowest BCUT2D eigenvalue weighted by molar-refractivity contribution is -0.126. The summed E-state index contributed by atoms with van der Waals surface area (Å²) in [6.45, 7) is 1.64. The number of nitrogens with zero attached hydrogens (tertiary/aromatic N) is 1. The van der Waals surface area contributed by atoms with Gasteiger partial charge in [0.2, 0.25) is 12.3 Å². The smallest absolute Gasteiger partial charge is 0.289 e. The van der Waals surface area contributed by atoms with Crippen molar-refractivity contribution in [2.75, 3.05) is 13.1 Å². The van der Waals surface area contributed by atoms with E-state index in [1.807, 2.05) is 23.1 Å². The van der Waals surface area contributed by atoms with Gasteiger partial charge in [0.25, 0.3) is 5.24 Å². The minimum atomic E-state index is -0.439. The molecule has 1 N–H and O–H groups in total. The first kappa shape index (κ1) is 19.0. The maximum atomic E-state index is 12.3. The van der Waals surface area contributed by atoms with Gasteiger partial charge >= 0.3 is 0 Å². The summed E-state index contributed by atoms with van der Waals surface area (Å²) in [6, 6.07) is 5.64. The average molecular weight is 384 g/mol. The number of carbonyl (C=O) groups is 3. The average Bonchev–Trinajstić information content (AvgIpc) is 3.09. The van der Waals surface area contributed by atoms with E-state index in [1.54, 1.807) is 29.9 Å². The zero-order valence-electron chi connectivity index (χ0n) is 14.7. The van der Waals surface area contributed by atoms with Gasteiger partial charge in [-0.25, -0.2) is 0 Å². The summed E-state index contributed by atoms with van der Waals surface area (Å²) in [7, 11) is 0. The van der Waals surface area contributed by atoms with Crippen molar-refractivity contribution in [1.82, 2.24) is 10.2 Å². The molecule has 0 bridgehead atoms. The van der Waals surface area contributed by atoms with Gasteiger partial charge in [-0.15, -0.1) is 0 Å². The molecule has 0 spiro atoms. The van der Waals surface area contributed by atoms with Gasteiger partial charge in [-0.3, -0.25) is 19.7 Å². The maximum Gasteiger partial charge on any atom is 0.289 e. The van der Waals surface area contributed by atoms with Gasteiger partial charge in [0.15, 0.2) is 0 Å². The molecule has 1 aliphatic rings. The molecule has 2 heterocycles. The van der Waals surface area contributed by atoms with E-state index in [1.165, 1.54) is 6.42 Å². The van der Waals surface area contributed by atoms with Crippen LogP contribution in [0.1, 0.15) is 30.4 Å². The Balaban J connectivity index is 1.71. The van der Waals surface area contributed by atoms with E-state index in [2.05, 4.69) is 5.32 Å². The van der Waals surface area contributed by atoms with Crippen molar-refractivity contribution in [3.63, 3.8) is 0 Å². The van der Waals surface area contributed by atoms with Gasteiger partial charge in [-0.1, -0.05) is 6.07 Å². The van der Waals surface area contributed by atoms with Crippen molar-refractivity contribution < 1.29 is 18.8 Å². The molecule has 2 aromatic rings. The van der Waals surface area contributed by atoms with Crippen LogP contribution in [-0.4, -0.2) is 35.5 Å². The largest absolute Gasteiger partial charge is 0.464 e. The van der Waals surface area contributed by atoms with Crippen molar-refractivity contribution in [2.24, 2.45) is 0 Å². The normalized spacial score (nSPS) is 14.9. The third kappa shape index (κ3) is 5.10. The third-order valence-corrected chi connectivity index (χ3v) is 4.92. The van der Waals surface area contributed by atoms with Crippen LogP contribution in [0.5, 0.6) is 0 Å². The monoisotopic (exact) mass is 384 g/mol. The second-order valence-electron chi connectivity index (χ2n) is 6.14. The molecule has 27 heavy (non-hydrogen) atoms. The number of thioether (sulfide) groups is 1. The number of fused-ring (bicyclic) bond motifs is 1. The molecule has 1 fully saturated rings. The zero-order valence-corrected chi connectivity index (χ0v) is 15.5. The number of carbonyl (C=O) groups excluding carboxylic acids is 3. The number of piperidine rings is 1. The summed E-state index contributed by atoms with van der Waals surface area (Å²) < 4.78 is 5.55. The van der Waals surface area contributed by atoms with Gasteiger partial charge in [0.1, 0.15) is 5.58 Å².